The van der Waals surface area contributed by atoms with Gasteiger partial charge in [0.15, 0.2) is 11.7 Å². The van der Waals surface area contributed by atoms with Crippen LogP contribution in [-0.2, 0) is 9.53 Å². The van der Waals surface area contributed by atoms with Crippen molar-refractivity contribution in [2.24, 2.45) is 0 Å². The molecule has 24 heavy (non-hydrogen) atoms. The lowest BCUT2D eigenvalue weighted by atomic mass is 10.2. The number of carbonyl (C=O) groups is 2. The molecular weight excluding hydrogens is 333 g/mol. The third-order valence-electron chi connectivity index (χ3n) is 3.04. The van der Waals surface area contributed by atoms with E-state index in [-0.39, 0.29) is 11.5 Å². The van der Waals surface area contributed by atoms with Crippen LogP contribution in [0.4, 0.5) is 9.52 Å². The van der Waals surface area contributed by atoms with Gasteiger partial charge < -0.3 is 9.72 Å². The van der Waals surface area contributed by atoms with Crippen molar-refractivity contribution in [3.05, 3.63) is 59.5 Å². The second kappa shape index (κ2) is 7.05. The Morgan fingerprint density at radius 3 is 2.75 bits per heavy atom. The zero-order valence-corrected chi connectivity index (χ0v) is 13.1. The van der Waals surface area contributed by atoms with E-state index in [1.807, 2.05) is 0 Å². The van der Waals surface area contributed by atoms with Crippen molar-refractivity contribution in [1.82, 2.24) is 9.97 Å². The number of anilines is 1. The number of ether oxygens (including phenoxy) is 1. The van der Waals surface area contributed by atoms with Crippen LogP contribution in [0.3, 0.4) is 0 Å². The summed E-state index contributed by atoms with van der Waals surface area (Å²) in [6.07, 6.45) is 1.59. The molecule has 0 spiro atoms. The maximum absolute atomic E-state index is 12.9. The predicted octanol–water partition coefficient (Wildman–Crippen LogP) is 3.07. The molecule has 3 aromatic rings. The van der Waals surface area contributed by atoms with Crippen molar-refractivity contribution in [2.45, 2.75) is 0 Å². The van der Waals surface area contributed by atoms with Crippen LogP contribution >= 0.6 is 11.3 Å². The molecule has 0 radical (unpaired) electrons. The summed E-state index contributed by atoms with van der Waals surface area (Å²) in [7, 11) is 0. The van der Waals surface area contributed by atoms with Gasteiger partial charge in [0, 0.05) is 17.1 Å². The number of halogens is 1. The van der Waals surface area contributed by atoms with Gasteiger partial charge in [-0.05, 0) is 36.4 Å². The molecule has 0 atom stereocenters. The summed E-state index contributed by atoms with van der Waals surface area (Å²) in [6, 6.07) is 9.10. The average Bonchev–Trinajstić information content (AvgIpc) is 3.25. The maximum atomic E-state index is 12.9. The second-order valence-electron chi connectivity index (χ2n) is 4.75. The number of H-pyrrole nitrogens is 1. The molecule has 2 aromatic heterocycles. The summed E-state index contributed by atoms with van der Waals surface area (Å²) in [5.41, 5.74) is 1.64. The molecule has 1 amide bonds. The summed E-state index contributed by atoms with van der Waals surface area (Å²) < 4.78 is 17.8. The fourth-order valence-corrected chi connectivity index (χ4v) is 2.64. The number of hydrogen-bond acceptors (Lipinski definition) is 5. The number of amides is 1. The summed E-state index contributed by atoms with van der Waals surface area (Å²) in [5, 5.41) is 4.67. The lowest BCUT2D eigenvalue weighted by Gasteiger charge is -2.03. The van der Waals surface area contributed by atoms with Crippen LogP contribution in [0.25, 0.3) is 11.3 Å². The molecule has 0 aliphatic carbocycles. The molecule has 2 N–H and O–H groups in total. The van der Waals surface area contributed by atoms with Gasteiger partial charge in [0.05, 0.1) is 5.69 Å². The smallest absolute Gasteiger partial charge is 0.355 e. The molecule has 3 rings (SSSR count). The maximum Gasteiger partial charge on any atom is 0.355 e. The van der Waals surface area contributed by atoms with E-state index in [0.717, 1.165) is 5.56 Å². The summed E-state index contributed by atoms with van der Waals surface area (Å²) in [5.74, 6) is -1.43. The van der Waals surface area contributed by atoms with Crippen molar-refractivity contribution in [1.29, 1.82) is 0 Å². The van der Waals surface area contributed by atoms with Gasteiger partial charge in [-0.2, -0.15) is 0 Å². The lowest BCUT2D eigenvalue weighted by molar-refractivity contribution is -0.119. The molecule has 0 saturated heterocycles. The summed E-state index contributed by atoms with van der Waals surface area (Å²) in [6.45, 7) is -0.413. The third kappa shape index (κ3) is 3.85. The number of nitrogens with zero attached hydrogens (tertiary/aromatic N) is 1. The minimum atomic E-state index is -0.610. The van der Waals surface area contributed by atoms with Gasteiger partial charge >= 0.3 is 5.97 Å². The molecule has 0 aliphatic heterocycles. The van der Waals surface area contributed by atoms with Gasteiger partial charge in [-0.3, -0.25) is 10.1 Å². The molecule has 0 fully saturated rings. The molecule has 8 heteroatoms. The number of esters is 1. The first-order chi connectivity index (χ1) is 11.6. The molecule has 0 bridgehead atoms. The molecule has 0 saturated carbocycles. The Labute approximate surface area is 140 Å². The van der Waals surface area contributed by atoms with Crippen LogP contribution in [0.2, 0.25) is 0 Å². The first-order valence-electron chi connectivity index (χ1n) is 6.93. The van der Waals surface area contributed by atoms with Crippen molar-refractivity contribution in [2.75, 3.05) is 11.9 Å². The number of nitrogens with one attached hydrogen (secondary N) is 2. The predicted molar refractivity (Wildman–Crippen MR) is 87.2 cm³/mol. The van der Waals surface area contributed by atoms with E-state index in [0.29, 0.717) is 10.8 Å². The van der Waals surface area contributed by atoms with Crippen LogP contribution < -0.4 is 5.32 Å². The Morgan fingerprint density at radius 1 is 1.25 bits per heavy atom. The topological polar surface area (TPSA) is 84.1 Å². The van der Waals surface area contributed by atoms with Crippen LogP contribution in [0, 0.1) is 5.82 Å². The number of benzene rings is 1. The van der Waals surface area contributed by atoms with Gasteiger partial charge in [0.2, 0.25) is 0 Å². The average molecular weight is 345 g/mol. The van der Waals surface area contributed by atoms with Crippen molar-refractivity contribution in [3.8, 4) is 11.3 Å². The van der Waals surface area contributed by atoms with Crippen molar-refractivity contribution in [3.63, 3.8) is 0 Å². The van der Waals surface area contributed by atoms with Gasteiger partial charge in [0.1, 0.15) is 11.5 Å². The Bertz CT molecular complexity index is 844. The molecule has 0 aliphatic rings. The number of aromatic nitrogens is 2. The Morgan fingerprint density at radius 2 is 2.04 bits per heavy atom. The highest BCUT2D eigenvalue weighted by atomic mass is 32.1. The standard InChI is InChI=1S/C16H12FN3O3S/c17-11-5-3-10(4-6-11)13-9-24-16(19-13)20-14(21)8-23-15(22)12-2-1-7-18-12/h1-7,9,18H,8H2,(H,19,20,21). The SMILES string of the molecule is O=C(COC(=O)c1ccc[nH]1)Nc1nc(-c2ccc(F)cc2)cs1. The second-order valence-corrected chi connectivity index (χ2v) is 5.61. The molecule has 1 aromatic carbocycles. The first-order valence-corrected chi connectivity index (χ1v) is 7.81. The highest BCUT2D eigenvalue weighted by Crippen LogP contribution is 2.24. The van der Waals surface area contributed by atoms with Crippen molar-refractivity contribution < 1.29 is 18.7 Å². The number of rotatable bonds is 5. The zero-order chi connectivity index (χ0) is 16.9. The Kier molecular flexibility index (Phi) is 4.66. The van der Waals surface area contributed by atoms with Crippen LogP contribution in [0.1, 0.15) is 10.5 Å². The minimum Gasteiger partial charge on any atom is -0.451 e. The molecular formula is C16H12FN3O3S. The van der Waals surface area contributed by atoms with Gasteiger partial charge in [-0.15, -0.1) is 11.3 Å². The van der Waals surface area contributed by atoms with E-state index in [2.05, 4.69) is 15.3 Å². The lowest BCUT2D eigenvalue weighted by Crippen LogP contribution is -2.20. The summed E-state index contributed by atoms with van der Waals surface area (Å²) in [4.78, 5) is 30.3. The Balaban J connectivity index is 1.55. The van der Waals surface area contributed by atoms with Gasteiger partial charge in [-0.25, -0.2) is 14.2 Å². The number of carbonyl (C=O) groups excluding carboxylic acids is 2. The van der Waals surface area contributed by atoms with Crippen LogP contribution in [0.5, 0.6) is 0 Å². The highest BCUT2D eigenvalue weighted by molar-refractivity contribution is 7.14. The zero-order valence-electron chi connectivity index (χ0n) is 12.3. The van der Waals surface area contributed by atoms with Crippen molar-refractivity contribution >= 4 is 28.3 Å². The molecule has 6 nitrogen and oxygen atoms in total. The third-order valence-corrected chi connectivity index (χ3v) is 3.80. The largest absolute Gasteiger partial charge is 0.451 e. The van der Waals surface area contributed by atoms with E-state index in [4.69, 9.17) is 4.74 Å². The van der Waals surface area contributed by atoms with Gasteiger partial charge in [-0.1, -0.05) is 0 Å². The number of thiazole rings is 1. The quantitative estimate of drug-likeness (QED) is 0.696. The minimum absolute atomic E-state index is 0.274. The van der Waals surface area contributed by atoms with Crippen LogP contribution in [-0.4, -0.2) is 28.5 Å². The number of aromatic amines is 1. The fourth-order valence-electron chi connectivity index (χ4n) is 1.91. The van der Waals surface area contributed by atoms with Crippen LogP contribution in [0.15, 0.2) is 48.0 Å². The fraction of sp³-hybridized carbons (Fsp3) is 0.0625. The van der Waals surface area contributed by atoms with E-state index < -0.39 is 18.5 Å². The monoisotopic (exact) mass is 345 g/mol. The van der Waals surface area contributed by atoms with Gasteiger partial charge in [0.25, 0.3) is 5.91 Å². The first kappa shape index (κ1) is 15.9. The van der Waals surface area contributed by atoms with E-state index in [1.165, 1.54) is 23.5 Å². The highest BCUT2D eigenvalue weighted by Gasteiger charge is 2.12. The van der Waals surface area contributed by atoms with E-state index >= 15 is 0 Å². The van der Waals surface area contributed by atoms with E-state index in [1.54, 1.807) is 35.8 Å². The molecule has 122 valence electrons. The number of hydrogen-bond donors (Lipinski definition) is 2. The Hall–Kier alpha value is -3.00. The molecule has 0 unspecified atom stereocenters. The van der Waals surface area contributed by atoms with E-state index in [9.17, 15) is 14.0 Å². The molecule has 2 heterocycles. The normalized spacial score (nSPS) is 10.4. The summed E-state index contributed by atoms with van der Waals surface area (Å²) >= 11 is 1.23.